The monoisotopic (exact) mass is 336 g/mol. The Morgan fingerprint density at radius 3 is 2.92 bits per heavy atom. The minimum atomic E-state index is -0.163. The number of carbonyl (C=O) groups excluding carboxylic acids is 1. The summed E-state index contributed by atoms with van der Waals surface area (Å²) in [4.78, 5) is 19.0. The molecule has 1 amide bonds. The van der Waals surface area contributed by atoms with E-state index in [1.807, 2.05) is 18.2 Å². The zero-order valence-electron chi connectivity index (χ0n) is 13.4. The second kappa shape index (κ2) is 6.78. The van der Waals surface area contributed by atoms with Crippen molar-refractivity contribution in [1.82, 2.24) is 4.98 Å². The summed E-state index contributed by atoms with van der Waals surface area (Å²) < 4.78 is 16.1. The number of furan rings is 1. The fourth-order valence-corrected chi connectivity index (χ4v) is 2.71. The molecule has 0 bridgehead atoms. The Bertz CT molecular complexity index is 862. The summed E-state index contributed by atoms with van der Waals surface area (Å²) in [5, 5.41) is 0. The van der Waals surface area contributed by atoms with Crippen LogP contribution < -0.4 is 9.64 Å². The minimum Gasteiger partial charge on any atom is -0.467 e. The molecular formula is C19H16N2O4. The van der Waals surface area contributed by atoms with Crippen LogP contribution in [0.5, 0.6) is 5.75 Å². The van der Waals surface area contributed by atoms with Gasteiger partial charge in [0.05, 0.1) is 19.4 Å². The van der Waals surface area contributed by atoms with Gasteiger partial charge in [-0.05, 0) is 42.5 Å². The summed E-state index contributed by atoms with van der Waals surface area (Å²) in [6.07, 6.45) is 3.25. The maximum Gasteiger partial charge on any atom is 0.259 e. The fraction of sp³-hybridized carbons (Fsp3) is 0.158. The molecular weight excluding hydrogens is 320 g/mol. The van der Waals surface area contributed by atoms with Crippen molar-refractivity contribution in [3.8, 4) is 5.75 Å². The van der Waals surface area contributed by atoms with Gasteiger partial charge in [-0.1, -0.05) is 6.07 Å². The Morgan fingerprint density at radius 2 is 2.12 bits per heavy atom. The molecule has 126 valence electrons. The molecule has 0 unspecified atom stereocenters. The van der Waals surface area contributed by atoms with Crippen LogP contribution in [0.4, 0.5) is 5.82 Å². The fourth-order valence-electron chi connectivity index (χ4n) is 2.71. The number of anilines is 1. The van der Waals surface area contributed by atoms with Crippen LogP contribution in [0.15, 0.2) is 65.4 Å². The van der Waals surface area contributed by atoms with E-state index in [-0.39, 0.29) is 12.7 Å². The second-order valence-electron chi connectivity index (χ2n) is 5.59. The third kappa shape index (κ3) is 3.25. The summed E-state index contributed by atoms with van der Waals surface area (Å²) in [5.41, 5.74) is 1.40. The molecule has 3 aromatic rings. The van der Waals surface area contributed by atoms with Crippen LogP contribution in [-0.4, -0.2) is 17.7 Å². The van der Waals surface area contributed by atoms with Gasteiger partial charge in [-0.25, -0.2) is 4.98 Å². The predicted molar refractivity (Wildman–Crippen MR) is 90.2 cm³/mol. The topological polar surface area (TPSA) is 64.8 Å². The number of nitrogens with zero attached hydrogens (tertiary/aromatic N) is 2. The standard InChI is InChI=1S/C19H16N2O4/c22-19(14-6-7-17-15(10-14)12-23-13-25-17)21(11-16-4-3-9-24-16)18-5-1-2-8-20-18/h1-10H,11-13H2. The van der Waals surface area contributed by atoms with E-state index in [4.69, 9.17) is 13.9 Å². The highest BCUT2D eigenvalue weighted by atomic mass is 16.7. The van der Waals surface area contributed by atoms with Crippen molar-refractivity contribution in [3.63, 3.8) is 0 Å². The number of amides is 1. The first-order valence-corrected chi connectivity index (χ1v) is 7.90. The van der Waals surface area contributed by atoms with Crippen molar-refractivity contribution >= 4 is 11.7 Å². The molecule has 2 aromatic heterocycles. The number of carbonyl (C=O) groups is 1. The van der Waals surface area contributed by atoms with Crippen molar-refractivity contribution in [2.24, 2.45) is 0 Å². The Kier molecular flexibility index (Phi) is 4.18. The molecule has 0 saturated carbocycles. The SMILES string of the molecule is O=C(c1ccc2c(c1)COCO2)N(Cc1ccco1)c1ccccn1. The van der Waals surface area contributed by atoms with E-state index in [2.05, 4.69) is 4.98 Å². The van der Waals surface area contributed by atoms with Gasteiger partial charge >= 0.3 is 0 Å². The largest absolute Gasteiger partial charge is 0.467 e. The maximum atomic E-state index is 13.1. The van der Waals surface area contributed by atoms with Gasteiger partial charge < -0.3 is 13.9 Å². The van der Waals surface area contributed by atoms with Gasteiger partial charge in [-0.3, -0.25) is 9.69 Å². The van der Waals surface area contributed by atoms with E-state index in [1.54, 1.807) is 47.7 Å². The summed E-state index contributed by atoms with van der Waals surface area (Å²) in [5.74, 6) is 1.83. The molecule has 0 N–H and O–H groups in total. The number of pyridine rings is 1. The van der Waals surface area contributed by atoms with Crippen LogP contribution in [-0.2, 0) is 17.9 Å². The molecule has 0 atom stereocenters. The average molecular weight is 336 g/mol. The molecule has 0 aliphatic carbocycles. The van der Waals surface area contributed by atoms with E-state index in [1.165, 1.54) is 0 Å². The molecule has 0 radical (unpaired) electrons. The van der Waals surface area contributed by atoms with Crippen LogP contribution in [0.2, 0.25) is 0 Å². The molecule has 3 heterocycles. The first-order chi connectivity index (χ1) is 12.3. The first kappa shape index (κ1) is 15.4. The molecule has 0 fully saturated rings. The quantitative estimate of drug-likeness (QED) is 0.731. The summed E-state index contributed by atoms with van der Waals surface area (Å²) in [7, 11) is 0. The highest BCUT2D eigenvalue weighted by molar-refractivity contribution is 6.05. The lowest BCUT2D eigenvalue weighted by Crippen LogP contribution is -2.31. The van der Waals surface area contributed by atoms with E-state index in [0.29, 0.717) is 30.3 Å². The maximum absolute atomic E-state index is 13.1. The summed E-state index contributed by atoms with van der Waals surface area (Å²) >= 11 is 0. The van der Waals surface area contributed by atoms with Gasteiger partial charge in [0, 0.05) is 17.3 Å². The number of fused-ring (bicyclic) bond motifs is 1. The molecule has 0 spiro atoms. The number of hydrogen-bond donors (Lipinski definition) is 0. The van der Waals surface area contributed by atoms with Crippen LogP contribution >= 0.6 is 0 Å². The highest BCUT2D eigenvalue weighted by Crippen LogP contribution is 2.26. The Morgan fingerprint density at radius 1 is 1.16 bits per heavy atom. The van der Waals surface area contributed by atoms with E-state index < -0.39 is 0 Å². The van der Waals surface area contributed by atoms with Crippen molar-refractivity contribution in [3.05, 3.63) is 77.9 Å². The molecule has 6 nitrogen and oxygen atoms in total. The van der Waals surface area contributed by atoms with Crippen molar-refractivity contribution < 1.29 is 18.7 Å². The highest BCUT2D eigenvalue weighted by Gasteiger charge is 2.22. The minimum absolute atomic E-state index is 0.163. The number of rotatable bonds is 4. The number of hydrogen-bond acceptors (Lipinski definition) is 5. The Labute approximate surface area is 144 Å². The number of benzene rings is 1. The molecule has 1 aromatic carbocycles. The van der Waals surface area contributed by atoms with Crippen LogP contribution in [0, 0.1) is 0 Å². The average Bonchev–Trinajstić information content (AvgIpc) is 3.19. The van der Waals surface area contributed by atoms with Crippen LogP contribution in [0.25, 0.3) is 0 Å². The molecule has 25 heavy (non-hydrogen) atoms. The number of aromatic nitrogens is 1. The molecule has 1 aliphatic heterocycles. The Balaban J connectivity index is 1.67. The Hall–Kier alpha value is -3.12. The zero-order chi connectivity index (χ0) is 17.1. The normalized spacial score (nSPS) is 13.0. The predicted octanol–water partition coefficient (Wildman–Crippen LogP) is 3.39. The third-order valence-electron chi connectivity index (χ3n) is 3.93. The van der Waals surface area contributed by atoms with Crippen LogP contribution in [0.1, 0.15) is 21.7 Å². The van der Waals surface area contributed by atoms with Gasteiger partial charge in [0.1, 0.15) is 17.3 Å². The van der Waals surface area contributed by atoms with Gasteiger partial charge in [0.25, 0.3) is 5.91 Å². The van der Waals surface area contributed by atoms with Crippen molar-refractivity contribution in [2.75, 3.05) is 11.7 Å². The van der Waals surface area contributed by atoms with Gasteiger partial charge in [0.2, 0.25) is 0 Å². The molecule has 4 rings (SSSR count). The van der Waals surface area contributed by atoms with E-state index >= 15 is 0 Å². The third-order valence-corrected chi connectivity index (χ3v) is 3.93. The van der Waals surface area contributed by atoms with Crippen molar-refractivity contribution in [1.29, 1.82) is 0 Å². The van der Waals surface area contributed by atoms with E-state index in [9.17, 15) is 4.79 Å². The smallest absolute Gasteiger partial charge is 0.259 e. The van der Waals surface area contributed by atoms with Crippen LogP contribution in [0.3, 0.4) is 0 Å². The summed E-state index contributed by atoms with van der Waals surface area (Å²) in [6.45, 7) is 0.962. The lowest BCUT2D eigenvalue weighted by molar-refractivity contribution is -0.0163. The second-order valence-corrected chi connectivity index (χ2v) is 5.59. The van der Waals surface area contributed by atoms with E-state index in [0.717, 1.165) is 11.3 Å². The lowest BCUT2D eigenvalue weighted by Gasteiger charge is -2.22. The van der Waals surface area contributed by atoms with Gasteiger partial charge in [0.15, 0.2) is 6.79 Å². The molecule has 1 aliphatic rings. The zero-order valence-corrected chi connectivity index (χ0v) is 13.4. The summed E-state index contributed by atoms with van der Waals surface area (Å²) in [6, 6.07) is 14.4. The van der Waals surface area contributed by atoms with Crippen molar-refractivity contribution in [2.45, 2.75) is 13.2 Å². The first-order valence-electron chi connectivity index (χ1n) is 7.90. The molecule has 0 saturated heterocycles. The van der Waals surface area contributed by atoms with Gasteiger partial charge in [-0.15, -0.1) is 0 Å². The molecule has 6 heteroatoms. The lowest BCUT2D eigenvalue weighted by atomic mass is 10.1. The number of ether oxygens (including phenoxy) is 2. The van der Waals surface area contributed by atoms with Gasteiger partial charge in [-0.2, -0.15) is 0 Å².